The highest BCUT2D eigenvalue weighted by Crippen LogP contribution is 2.26. The maximum absolute atomic E-state index is 8.92. The van der Waals surface area contributed by atoms with Crippen molar-refractivity contribution in [3.63, 3.8) is 0 Å². The quantitative estimate of drug-likeness (QED) is 0.900. The van der Waals surface area contributed by atoms with Gasteiger partial charge in [-0.2, -0.15) is 10.2 Å². The summed E-state index contributed by atoms with van der Waals surface area (Å²) in [5, 5.41) is 15.6. The first kappa shape index (κ1) is 14.1. The lowest BCUT2D eigenvalue weighted by Crippen LogP contribution is -2.05. The van der Waals surface area contributed by atoms with Crippen LogP contribution < -0.4 is 10.6 Å². The summed E-state index contributed by atoms with van der Waals surface area (Å²) < 4.78 is 0. The third-order valence-electron chi connectivity index (χ3n) is 2.55. The predicted molar refractivity (Wildman–Crippen MR) is 80.4 cm³/mol. The molecule has 0 atom stereocenters. The van der Waals surface area contributed by atoms with Gasteiger partial charge in [0, 0.05) is 18.3 Å². The number of aryl methyl sites for hydroxylation is 1. The van der Waals surface area contributed by atoms with E-state index in [0.29, 0.717) is 28.0 Å². The minimum Gasteiger partial charge on any atom is -0.354 e. The number of nitrogens with zero attached hydrogens (tertiary/aromatic N) is 3. The third kappa shape index (κ3) is 3.37. The van der Waals surface area contributed by atoms with Gasteiger partial charge in [-0.15, -0.1) is 0 Å². The second kappa shape index (κ2) is 6.22. The molecule has 0 saturated heterocycles. The maximum Gasteiger partial charge on any atom is 0.224 e. The molecule has 0 unspecified atom stereocenters. The summed E-state index contributed by atoms with van der Waals surface area (Å²) in [4.78, 5) is 8.61. The Labute approximate surface area is 122 Å². The van der Waals surface area contributed by atoms with Crippen molar-refractivity contribution in [3.05, 3.63) is 40.5 Å². The van der Waals surface area contributed by atoms with E-state index in [-0.39, 0.29) is 0 Å². The van der Waals surface area contributed by atoms with E-state index in [9.17, 15) is 0 Å². The molecule has 0 spiro atoms. The summed E-state index contributed by atoms with van der Waals surface area (Å²) >= 11 is 6.11. The number of rotatable bonds is 4. The second-order valence-corrected chi connectivity index (χ2v) is 4.59. The van der Waals surface area contributed by atoms with E-state index in [0.717, 1.165) is 12.2 Å². The van der Waals surface area contributed by atoms with E-state index in [4.69, 9.17) is 16.9 Å². The van der Waals surface area contributed by atoms with Gasteiger partial charge in [0.25, 0.3) is 0 Å². The Morgan fingerprint density at radius 3 is 2.80 bits per heavy atom. The Kier molecular flexibility index (Phi) is 4.38. The molecular weight excluding hydrogens is 274 g/mol. The van der Waals surface area contributed by atoms with Crippen LogP contribution in [-0.4, -0.2) is 16.5 Å². The summed E-state index contributed by atoms with van der Waals surface area (Å²) in [5.41, 5.74) is 2.02. The summed E-state index contributed by atoms with van der Waals surface area (Å²) in [6.07, 6.45) is 0. The molecule has 0 fully saturated rings. The molecule has 6 heteroatoms. The molecule has 0 saturated carbocycles. The first-order valence-corrected chi connectivity index (χ1v) is 6.56. The lowest BCUT2D eigenvalue weighted by atomic mass is 10.2. The molecule has 1 heterocycles. The molecule has 1 aromatic carbocycles. The van der Waals surface area contributed by atoms with Gasteiger partial charge in [0.1, 0.15) is 5.82 Å². The lowest BCUT2D eigenvalue weighted by Gasteiger charge is -2.10. The van der Waals surface area contributed by atoms with Crippen molar-refractivity contribution in [1.82, 2.24) is 9.97 Å². The Morgan fingerprint density at radius 2 is 2.10 bits per heavy atom. The molecule has 0 bridgehead atoms. The van der Waals surface area contributed by atoms with Crippen molar-refractivity contribution >= 4 is 29.1 Å². The van der Waals surface area contributed by atoms with E-state index in [1.807, 2.05) is 19.9 Å². The fourth-order valence-electron chi connectivity index (χ4n) is 1.70. The van der Waals surface area contributed by atoms with Crippen LogP contribution in [0.5, 0.6) is 0 Å². The van der Waals surface area contributed by atoms with Crippen LogP contribution in [-0.2, 0) is 0 Å². The van der Waals surface area contributed by atoms with Crippen molar-refractivity contribution in [1.29, 1.82) is 5.26 Å². The second-order valence-electron chi connectivity index (χ2n) is 4.18. The molecule has 2 N–H and O–H groups in total. The molecule has 0 aliphatic carbocycles. The summed E-state index contributed by atoms with van der Waals surface area (Å²) in [5.74, 6) is 1.19. The maximum atomic E-state index is 8.92. The van der Waals surface area contributed by atoms with E-state index >= 15 is 0 Å². The van der Waals surface area contributed by atoms with Gasteiger partial charge in [-0.3, -0.25) is 0 Å². The lowest BCUT2D eigenvalue weighted by molar-refractivity contribution is 1.05. The number of aromatic nitrogens is 2. The van der Waals surface area contributed by atoms with Gasteiger partial charge in [-0.1, -0.05) is 11.6 Å². The smallest absolute Gasteiger partial charge is 0.224 e. The van der Waals surface area contributed by atoms with Crippen molar-refractivity contribution in [2.75, 3.05) is 17.2 Å². The minimum atomic E-state index is 0.533. The number of hydrogen-bond donors (Lipinski definition) is 2. The zero-order valence-corrected chi connectivity index (χ0v) is 12.0. The summed E-state index contributed by atoms with van der Waals surface area (Å²) in [6.45, 7) is 4.61. The Balaban J connectivity index is 2.32. The normalized spacial score (nSPS) is 9.90. The fraction of sp³-hybridized carbons (Fsp3) is 0.214. The molecule has 2 rings (SSSR count). The van der Waals surface area contributed by atoms with Crippen LogP contribution in [0.3, 0.4) is 0 Å². The van der Waals surface area contributed by atoms with Crippen LogP contribution in [0, 0.1) is 18.3 Å². The molecule has 102 valence electrons. The highest BCUT2D eigenvalue weighted by atomic mass is 35.5. The number of anilines is 3. The average molecular weight is 288 g/mol. The SMILES string of the molecule is CCNc1nc(C)cc(Nc2cc(C#N)ccc2Cl)n1. The van der Waals surface area contributed by atoms with Crippen molar-refractivity contribution in [2.45, 2.75) is 13.8 Å². The molecule has 5 nitrogen and oxygen atoms in total. The topological polar surface area (TPSA) is 73.6 Å². The molecule has 2 aromatic rings. The molecular formula is C14H14ClN5. The average Bonchev–Trinajstić information content (AvgIpc) is 2.41. The number of halogens is 1. The Hall–Kier alpha value is -2.32. The highest BCUT2D eigenvalue weighted by molar-refractivity contribution is 6.33. The van der Waals surface area contributed by atoms with Gasteiger partial charge < -0.3 is 10.6 Å². The van der Waals surface area contributed by atoms with Crippen LogP contribution >= 0.6 is 11.6 Å². The monoisotopic (exact) mass is 287 g/mol. The van der Waals surface area contributed by atoms with Crippen LogP contribution in [0.15, 0.2) is 24.3 Å². The number of benzene rings is 1. The van der Waals surface area contributed by atoms with E-state index in [2.05, 4.69) is 26.7 Å². The van der Waals surface area contributed by atoms with Crippen molar-refractivity contribution < 1.29 is 0 Å². The number of hydrogen-bond acceptors (Lipinski definition) is 5. The molecule has 0 amide bonds. The van der Waals surface area contributed by atoms with E-state index in [1.165, 1.54) is 0 Å². The van der Waals surface area contributed by atoms with E-state index < -0.39 is 0 Å². The van der Waals surface area contributed by atoms with Crippen LogP contribution in [0.25, 0.3) is 0 Å². The van der Waals surface area contributed by atoms with Gasteiger partial charge in [-0.25, -0.2) is 4.98 Å². The Bertz CT molecular complexity index is 663. The van der Waals surface area contributed by atoms with E-state index in [1.54, 1.807) is 18.2 Å². The van der Waals surface area contributed by atoms with Crippen LogP contribution in [0.1, 0.15) is 18.2 Å². The summed E-state index contributed by atoms with van der Waals surface area (Å²) in [6, 6.07) is 8.93. The standard InChI is InChI=1S/C14H14ClN5/c1-3-17-14-18-9(2)6-13(20-14)19-12-7-10(8-16)4-5-11(12)15/h4-7H,3H2,1-2H3,(H2,17,18,19,20). The molecule has 1 aromatic heterocycles. The molecule has 0 radical (unpaired) electrons. The van der Waals surface area contributed by atoms with Gasteiger partial charge in [0.2, 0.25) is 5.95 Å². The van der Waals surface area contributed by atoms with Crippen molar-refractivity contribution in [3.8, 4) is 6.07 Å². The number of nitrogens with one attached hydrogen (secondary N) is 2. The van der Waals surface area contributed by atoms with Gasteiger partial charge in [0.15, 0.2) is 0 Å². The molecule has 0 aliphatic heterocycles. The van der Waals surface area contributed by atoms with Crippen LogP contribution in [0.2, 0.25) is 5.02 Å². The van der Waals surface area contributed by atoms with Crippen LogP contribution in [0.4, 0.5) is 17.5 Å². The molecule has 20 heavy (non-hydrogen) atoms. The highest BCUT2D eigenvalue weighted by Gasteiger charge is 2.06. The van der Waals surface area contributed by atoms with Gasteiger partial charge in [-0.05, 0) is 32.0 Å². The summed E-state index contributed by atoms with van der Waals surface area (Å²) in [7, 11) is 0. The van der Waals surface area contributed by atoms with Gasteiger partial charge in [0.05, 0.1) is 22.3 Å². The fourth-order valence-corrected chi connectivity index (χ4v) is 1.86. The third-order valence-corrected chi connectivity index (χ3v) is 2.88. The van der Waals surface area contributed by atoms with Crippen molar-refractivity contribution in [2.24, 2.45) is 0 Å². The first-order chi connectivity index (χ1) is 9.62. The number of nitriles is 1. The first-order valence-electron chi connectivity index (χ1n) is 6.18. The minimum absolute atomic E-state index is 0.533. The zero-order valence-electron chi connectivity index (χ0n) is 11.2. The van der Waals surface area contributed by atoms with Gasteiger partial charge >= 0.3 is 0 Å². The largest absolute Gasteiger partial charge is 0.354 e. The molecule has 0 aliphatic rings. The Morgan fingerprint density at radius 1 is 1.30 bits per heavy atom. The zero-order chi connectivity index (χ0) is 14.5. The predicted octanol–water partition coefficient (Wildman–Crippen LogP) is 3.49.